The lowest BCUT2D eigenvalue weighted by molar-refractivity contribution is -0.114. The maximum absolute atomic E-state index is 12.8. The van der Waals surface area contributed by atoms with Crippen LogP contribution in [0.3, 0.4) is 0 Å². The first-order chi connectivity index (χ1) is 12.8. The fourth-order valence-corrected chi connectivity index (χ4v) is 4.74. The van der Waals surface area contributed by atoms with Gasteiger partial charge in [-0.1, -0.05) is 26.6 Å². The number of aldehydes is 1. The zero-order valence-electron chi connectivity index (χ0n) is 18.4. The quantitative estimate of drug-likeness (QED) is 0.508. The molecule has 4 atom stereocenters. The highest BCUT2D eigenvalue weighted by Gasteiger charge is 2.52. The number of likely N-dealkylation sites (tertiary alicyclic amines) is 1. The predicted molar refractivity (Wildman–Crippen MR) is 110 cm³/mol. The molecule has 2 saturated heterocycles. The van der Waals surface area contributed by atoms with Gasteiger partial charge in [0.25, 0.3) is 0 Å². The Morgan fingerprint density at radius 2 is 1.82 bits per heavy atom. The van der Waals surface area contributed by atoms with Gasteiger partial charge in [-0.25, -0.2) is 9.59 Å². The summed E-state index contributed by atoms with van der Waals surface area (Å²) in [7, 11) is -1.30. The van der Waals surface area contributed by atoms with Crippen LogP contribution in [-0.4, -0.2) is 73.2 Å². The molecule has 2 fully saturated rings. The zero-order valence-corrected chi connectivity index (χ0v) is 19.4. The Kier molecular flexibility index (Phi) is 6.84. The predicted octanol–water partition coefficient (Wildman–Crippen LogP) is 3.75. The number of nitrogens with zero attached hydrogens (tertiary/aromatic N) is 2. The summed E-state index contributed by atoms with van der Waals surface area (Å²) in [5.41, 5.74) is -0.588. The van der Waals surface area contributed by atoms with E-state index in [9.17, 15) is 14.4 Å². The number of carbonyl (C=O) groups is 3. The van der Waals surface area contributed by atoms with Crippen LogP contribution < -0.4 is 0 Å². The third-order valence-electron chi connectivity index (χ3n) is 5.38. The molecule has 0 aromatic rings. The van der Waals surface area contributed by atoms with Crippen molar-refractivity contribution >= 4 is 26.5 Å². The molecule has 0 aliphatic carbocycles. The molecule has 2 bridgehead atoms. The minimum absolute atomic E-state index is 0.0977. The number of hydrogen-bond acceptors (Lipinski definition) is 5. The van der Waals surface area contributed by atoms with Crippen molar-refractivity contribution in [3.05, 3.63) is 0 Å². The molecule has 0 radical (unpaired) electrons. The van der Waals surface area contributed by atoms with E-state index in [-0.39, 0.29) is 30.3 Å². The summed E-state index contributed by atoms with van der Waals surface area (Å²) in [6.45, 7) is 14.8. The first-order valence-corrected chi connectivity index (χ1v) is 13.9. The van der Waals surface area contributed by atoms with Crippen molar-refractivity contribution in [1.82, 2.24) is 9.80 Å². The van der Waals surface area contributed by atoms with Crippen LogP contribution in [-0.2, 0) is 14.3 Å². The fraction of sp³-hybridized carbons (Fsp3) is 0.850. The second-order valence-corrected chi connectivity index (χ2v) is 15.9. The first kappa shape index (κ1) is 22.7. The molecule has 2 heterocycles. The van der Waals surface area contributed by atoms with Crippen LogP contribution in [0.15, 0.2) is 0 Å². The monoisotopic (exact) mass is 412 g/mol. The molecule has 2 amide bonds. The Balaban J connectivity index is 2.16. The maximum atomic E-state index is 12.8. The summed E-state index contributed by atoms with van der Waals surface area (Å²) in [6.07, 6.45) is 1.67. The highest BCUT2D eigenvalue weighted by Crippen LogP contribution is 2.38. The van der Waals surface area contributed by atoms with E-state index >= 15 is 0 Å². The number of ether oxygens (including phenoxy) is 2. The summed E-state index contributed by atoms with van der Waals surface area (Å²) in [4.78, 5) is 40.6. The number of hydrogen-bond donors (Lipinski definition) is 0. The van der Waals surface area contributed by atoms with Gasteiger partial charge in [0, 0.05) is 20.5 Å². The molecule has 0 aromatic heterocycles. The van der Waals surface area contributed by atoms with Crippen molar-refractivity contribution in [2.24, 2.45) is 5.92 Å². The van der Waals surface area contributed by atoms with E-state index in [4.69, 9.17) is 9.47 Å². The summed E-state index contributed by atoms with van der Waals surface area (Å²) in [5.74, 6) is -0.390. The molecule has 0 saturated carbocycles. The third-order valence-corrected chi connectivity index (χ3v) is 7.08. The Hall–Kier alpha value is -1.57. The Morgan fingerprint density at radius 3 is 2.36 bits per heavy atom. The molecule has 8 heteroatoms. The number of piperazine rings is 1. The number of rotatable bonds is 5. The summed E-state index contributed by atoms with van der Waals surface area (Å²) >= 11 is 0. The average Bonchev–Trinajstić information content (AvgIpc) is 2.85. The number of carbonyl (C=O) groups excluding carboxylic acids is 3. The van der Waals surface area contributed by atoms with Gasteiger partial charge in [0.05, 0.1) is 24.7 Å². The maximum Gasteiger partial charge on any atom is 0.410 e. The average molecular weight is 413 g/mol. The third kappa shape index (κ3) is 5.49. The second-order valence-electron chi connectivity index (χ2n) is 10.2. The van der Waals surface area contributed by atoms with Gasteiger partial charge in [0.1, 0.15) is 11.9 Å². The molecule has 2 aliphatic heterocycles. The lowest BCUT2D eigenvalue weighted by Crippen LogP contribution is -2.65. The van der Waals surface area contributed by atoms with Gasteiger partial charge >= 0.3 is 12.2 Å². The Bertz CT molecular complexity index is 598. The SMILES string of the molecule is C[C@H](C=O)[C@H]1[C@@H]2CC[C@H](CN1C(=O)OCC[Si](C)(C)C)N2C(=O)OC(C)(C)C. The highest BCUT2D eigenvalue weighted by molar-refractivity contribution is 6.76. The standard InChI is InChI=1S/C20H36N2O5Si/c1-14(13-23)17-16-9-8-15(22(16)19(25)27-20(2,3)4)12-21(17)18(24)26-10-11-28(5,6)7/h13-17H,8-12H2,1-7H3/t14-,15-,16+,17+/m1/s1. The van der Waals surface area contributed by atoms with Gasteiger partial charge in [-0.2, -0.15) is 0 Å². The minimum atomic E-state index is -1.30. The molecule has 0 aromatic carbocycles. The molecule has 7 nitrogen and oxygen atoms in total. The summed E-state index contributed by atoms with van der Waals surface area (Å²) < 4.78 is 11.1. The van der Waals surface area contributed by atoms with Crippen LogP contribution in [0, 0.1) is 5.92 Å². The fourth-order valence-electron chi connectivity index (χ4n) is 4.02. The van der Waals surface area contributed by atoms with E-state index in [0.29, 0.717) is 13.2 Å². The number of amides is 2. The molecule has 2 aliphatic rings. The van der Waals surface area contributed by atoms with Crippen molar-refractivity contribution in [2.45, 2.75) is 89.9 Å². The lowest BCUT2D eigenvalue weighted by Gasteiger charge is -2.47. The van der Waals surface area contributed by atoms with E-state index in [2.05, 4.69) is 19.6 Å². The minimum Gasteiger partial charge on any atom is -0.450 e. The smallest absolute Gasteiger partial charge is 0.410 e. The van der Waals surface area contributed by atoms with E-state index in [0.717, 1.165) is 25.2 Å². The van der Waals surface area contributed by atoms with Crippen molar-refractivity contribution in [1.29, 1.82) is 0 Å². The van der Waals surface area contributed by atoms with Gasteiger partial charge in [-0.05, 0) is 39.7 Å². The second kappa shape index (κ2) is 8.43. The van der Waals surface area contributed by atoms with Crippen molar-refractivity contribution in [3.8, 4) is 0 Å². The highest BCUT2D eigenvalue weighted by atomic mass is 28.3. The van der Waals surface area contributed by atoms with Crippen LogP contribution in [0.1, 0.15) is 40.5 Å². The topological polar surface area (TPSA) is 76.2 Å². The van der Waals surface area contributed by atoms with Crippen molar-refractivity contribution < 1.29 is 23.9 Å². The van der Waals surface area contributed by atoms with Gasteiger partial charge in [0.15, 0.2) is 0 Å². The zero-order chi connectivity index (χ0) is 21.3. The molecule has 0 unspecified atom stereocenters. The summed E-state index contributed by atoms with van der Waals surface area (Å²) in [5, 5.41) is 0. The molecule has 0 spiro atoms. The van der Waals surface area contributed by atoms with E-state index in [1.807, 2.05) is 20.8 Å². The van der Waals surface area contributed by atoms with E-state index in [1.165, 1.54) is 0 Å². The van der Waals surface area contributed by atoms with E-state index in [1.54, 1.807) is 16.7 Å². The molecule has 160 valence electrons. The molecule has 2 rings (SSSR count). The van der Waals surface area contributed by atoms with E-state index < -0.39 is 19.6 Å². The largest absolute Gasteiger partial charge is 0.450 e. The number of fused-ring (bicyclic) bond motifs is 2. The summed E-state index contributed by atoms with van der Waals surface area (Å²) in [6, 6.07) is 0.193. The molecule has 28 heavy (non-hydrogen) atoms. The Labute approximate surface area is 169 Å². The Morgan fingerprint density at radius 1 is 1.18 bits per heavy atom. The van der Waals surface area contributed by atoms with Gasteiger partial charge in [-0.3, -0.25) is 4.90 Å². The van der Waals surface area contributed by atoms with Crippen molar-refractivity contribution in [2.75, 3.05) is 13.2 Å². The molecular formula is C20H36N2O5Si. The molecule has 0 N–H and O–H groups in total. The van der Waals surface area contributed by atoms with Crippen LogP contribution in [0.2, 0.25) is 25.7 Å². The van der Waals surface area contributed by atoms with Crippen LogP contribution in [0.5, 0.6) is 0 Å². The normalized spacial score (nSPS) is 26.0. The van der Waals surface area contributed by atoms with Crippen molar-refractivity contribution in [3.63, 3.8) is 0 Å². The van der Waals surface area contributed by atoms with Crippen LogP contribution >= 0.6 is 0 Å². The van der Waals surface area contributed by atoms with Gasteiger partial charge in [-0.15, -0.1) is 0 Å². The first-order valence-electron chi connectivity index (χ1n) is 10.2. The molecular weight excluding hydrogens is 376 g/mol. The van der Waals surface area contributed by atoms with Gasteiger partial charge < -0.3 is 19.2 Å². The van der Waals surface area contributed by atoms with Gasteiger partial charge in [0.2, 0.25) is 0 Å². The van der Waals surface area contributed by atoms with Crippen LogP contribution in [0.25, 0.3) is 0 Å². The lowest BCUT2D eigenvalue weighted by atomic mass is 9.92. The van der Waals surface area contributed by atoms with Crippen LogP contribution in [0.4, 0.5) is 9.59 Å².